The smallest absolute Gasteiger partial charge is 0.341 e. The van der Waals surface area contributed by atoms with Crippen LogP contribution in [0.2, 0.25) is 0 Å². The number of fused-ring (bicyclic) bond motifs is 1. The number of nitro groups is 1. The summed E-state index contributed by atoms with van der Waals surface area (Å²) < 4.78 is 7.36. The number of nitro benzene ring substituents is 1. The van der Waals surface area contributed by atoms with Gasteiger partial charge in [-0.05, 0) is 24.3 Å². The van der Waals surface area contributed by atoms with Crippen LogP contribution in [0.5, 0.6) is 5.75 Å². The van der Waals surface area contributed by atoms with E-state index in [2.05, 4.69) is 41.9 Å². The van der Waals surface area contributed by atoms with Crippen LogP contribution in [0.15, 0.2) is 49.2 Å². The Labute approximate surface area is 204 Å². The highest BCUT2D eigenvalue weighted by Crippen LogP contribution is 2.34. The average molecular weight is 582 g/mol. The molecule has 0 saturated carbocycles. The van der Waals surface area contributed by atoms with Gasteiger partial charge in [0.1, 0.15) is 5.82 Å². The van der Waals surface area contributed by atoms with Crippen molar-refractivity contribution in [1.29, 1.82) is 0 Å². The summed E-state index contributed by atoms with van der Waals surface area (Å²) in [5, 5.41) is 25.1. The van der Waals surface area contributed by atoms with Crippen molar-refractivity contribution in [3.63, 3.8) is 0 Å². The van der Waals surface area contributed by atoms with E-state index < -0.39 is 34.2 Å². The van der Waals surface area contributed by atoms with E-state index in [1.165, 1.54) is 18.3 Å². The van der Waals surface area contributed by atoms with Crippen LogP contribution in [0.1, 0.15) is 32.2 Å². The Bertz CT molecular complexity index is 1360. The van der Waals surface area contributed by atoms with Crippen LogP contribution >= 0.6 is 31.9 Å². The van der Waals surface area contributed by atoms with Crippen molar-refractivity contribution in [2.75, 3.05) is 6.61 Å². The van der Waals surface area contributed by atoms with E-state index >= 15 is 0 Å². The number of aliphatic carboxylic acids is 1. The summed E-state index contributed by atoms with van der Waals surface area (Å²) in [6.07, 6.45) is 1.21. The number of hydrogen-bond donors (Lipinski definition) is 1. The minimum atomic E-state index is -1.30. The largest absolute Gasteiger partial charge is 0.479 e. The summed E-state index contributed by atoms with van der Waals surface area (Å²) in [6.45, 7) is 4.83. The first-order chi connectivity index (χ1) is 15.4. The van der Waals surface area contributed by atoms with Gasteiger partial charge in [0.05, 0.1) is 22.0 Å². The van der Waals surface area contributed by atoms with Crippen molar-refractivity contribution in [1.82, 2.24) is 9.66 Å². The van der Waals surface area contributed by atoms with E-state index in [-0.39, 0.29) is 11.3 Å². The summed E-state index contributed by atoms with van der Waals surface area (Å²) in [7, 11) is 0. The molecule has 172 valence electrons. The van der Waals surface area contributed by atoms with E-state index in [0.29, 0.717) is 25.7 Å². The molecule has 1 heterocycles. The molecule has 12 heteroatoms. The maximum atomic E-state index is 13.3. The number of carboxylic acids is 1. The van der Waals surface area contributed by atoms with E-state index in [0.717, 1.165) is 4.68 Å². The molecular formula is C21H18Br2N4O6. The number of nitrogens with zero attached hydrogens (tertiary/aromatic N) is 4. The summed E-state index contributed by atoms with van der Waals surface area (Å²) in [5.41, 5.74) is -0.832. The van der Waals surface area contributed by atoms with Crippen LogP contribution in [-0.2, 0) is 10.2 Å². The lowest BCUT2D eigenvalue weighted by Gasteiger charge is -2.21. The van der Waals surface area contributed by atoms with E-state index in [1.807, 2.05) is 20.8 Å². The molecule has 0 amide bonds. The number of benzene rings is 2. The molecule has 2 aromatic carbocycles. The zero-order valence-corrected chi connectivity index (χ0v) is 20.9. The van der Waals surface area contributed by atoms with Gasteiger partial charge in [-0.2, -0.15) is 9.78 Å². The van der Waals surface area contributed by atoms with Crippen LogP contribution in [0.4, 0.5) is 5.69 Å². The molecule has 0 bridgehead atoms. The second-order valence-corrected chi connectivity index (χ2v) is 9.82. The molecule has 1 N–H and O–H groups in total. The van der Waals surface area contributed by atoms with Gasteiger partial charge in [0, 0.05) is 26.0 Å². The molecule has 0 fully saturated rings. The minimum Gasteiger partial charge on any atom is -0.479 e. The normalized spacial score (nSPS) is 11.8. The van der Waals surface area contributed by atoms with Crippen molar-refractivity contribution in [2.45, 2.75) is 26.2 Å². The molecule has 0 aliphatic rings. The highest BCUT2D eigenvalue weighted by molar-refractivity contribution is 9.10. The van der Waals surface area contributed by atoms with Gasteiger partial charge < -0.3 is 9.84 Å². The van der Waals surface area contributed by atoms with Crippen LogP contribution in [-0.4, -0.2) is 38.5 Å². The standard InChI is InChI=1S/C21H18Br2N4O6/c1-21(2,3)20-25-15-5-4-12(22)7-14(15)19(30)26(20)24-9-11-6-13(23)8-16(27(31)32)18(11)33-10-17(28)29/h4-9H,10H2,1-3H3,(H,28,29). The van der Waals surface area contributed by atoms with Crippen molar-refractivity contribution >= 4 is 60.6 Å². The molecule has 0 saturated heterocycles. The van der Waals surface area contributed by atoms with Gasteiger partial charge in [-0.3, -0.25) is 14.9 Å². The molecule has 0 unspecified atom stereocenters. The molecular weight excluding hydrogens is 564 g/mol. The quantitative estimate of drug-likeness (QED) is 0.257. The zero-order chi connectivity index (χ0) is 24.5. The van der Waals surface area contributed by atoms with Crippen molar-refractivity contribution in [3.05, 3.63) is 71.1 Å². The lowest BCUT2D eigenvalue weighted by molar-refractivity contribution is -0.385. The van der Waals surface area contributed by atoms with Crippen LogP contribution in [0.3, 0.4) is 0 Å². The van der Waals surface area contributed by atoms with Gasteiger partial charge in [-0.1, -0.05) is 52.6 Å². The topological polar surface area (TPSA) is 137 Å². The molecule has 33 heavy (non-hydrogen) atoms. The van der Waals surface area contributed by atoms with Crippen LogP contribution < -0.4 is 10.3 Å². The van der Waals surface area contributed by atoms with Gasteiger partial charge in [0.15, 0.2) is 6.61 Å². The Balaban J connectivity index is 2.25. The number of aromatic nitrogens is 2. The molecule has 0 aliphatic carbocycles. The van der Waals surface area contributed by atoms with Gasteiger partial charge in [0.25, 0.3) is 5.56 Å². The maximum absolute atomic E-state index is 13.3. The van der Waals surface area contributed by atoms with Gasteiger partial charge in [-0.25, -0.2) is 9.78 Å². The third kappa shape index (κ3) is 5.45. The molecule has 10 nitrogen and oxygen atoms in total. The zero-order valence-electron chi connectivity index (χ0n) is 17.7. The monoisotopic (exact) mass is 580 g/mol. The molecule has 0 aliphatic heterocycles. The van der Waals surface area contributed by atoms with E-state index in [1.54, 1.807) is 18.2 Å². The first-order valence-corrected chi connectivity index (χ1v) is 11.1. The van der Waals surface area contributed by atoms with Crippen molar-refractivity contribution in [3.8, 4) is 5.75 Å². The highest BCUT2D eigenvalue weighted by Gasteiger charge is 2.24. The third-order valence-corrected chi connectivity index (χ3v) is 5.34. The van der Waals surface area contributed by atoms with E-state index in [9.17, 15) is 19.7 Å². The Morgan fingerprint density at radius 2 is 1.97 bits per heavy atom. The first kappa shape index (κ1) is 24.5. The molecule has 0 spiro atoms. The highest BCUT2D eigenvalue weighted by atomic mass is 79.9. The number of carboxylic acid groups (broad SMARTS) is 1. The molecule has 0 atom stereocenters. The fourth-order valence-corrected chi connectivity index (χ4v) is 3.81. The number of carbonyl (C=O) groups is 1. The summed E-state index contributed by atoms with van der Waals surface area (Å²) in [6, 6.07) is 7.80. The predicted molar refractivity (Wildman–Crippen MR) is 129 cm³/mol. The molecule has 1 aromatic heterocycles. The SMILES string of the molecule is CC(C)(C)c1nc2ccc(Br)cc2c(=O)n1N=Cc1cc(Br)cc([N+](=O)[O-])c1OCC(=O)O. The molecule has 0 radical (unpaired) electrons. The van der Waals surface area contributed by atoms with Crippen LogP contribution in [0.25, 0.3) is 10.9 Å². The minimum absolute atomic E-state index is 0.110. The fourth-order valence-electron chi connectivity index (χ4n) is 2.98. The Morgan fingerprint density at radius 3 is 2.58 bits per heavy atom. The van der Waals surface area contributed by atoms with Gasteiger partial charge >= 0.3 is 11.7 Å². The lowest BCUT2D eigenvalue weighted by Crippen LogP contribution is -2.29. The first-order valence-electron chi connectivity index (χ1n) is 9.48. The number of hydrogen-bond acceptors (Lipinski definition) is 7. The van der Waals surface area contributed by atoms with Crippen LogP contribution in [0, 0.1) is 10.1 Å². The Morgan fingerprint density at radius 1 is 1.27 bits per heavy atom. The van der Waals surface area contributed by atoms with E-state index in [4.69, 9.17) is 9.84 Å². The van der Waals surface area contributed by atoms with Crippen molar-refractivity contribution in [2.24, 2.45) is 5.10 Å². The summed E-state index contributed by atoms with van der Waals surface area (Å²) >= 11 is 6.54. The maximum Gasteiger partial charge on any atom is 0.341 e. The number of ether oxygens (including phenoxy) is 1. The third-order valence-electron chi connectivity index (χ3n) is 4.39. The predicted octanol–water partition coefficient (Wildman–Crippen LogP) is 4.47. The lowest BCUT2D eigenvalue weighted by atomic mass is 9.95. The van der Waals surface area contributed by atoms with Gasteiger partial charge in [0.2, 0.25) is 5.75 Å². The number of halogens is 2. The number of rotatable bonds is 6. The second-order valence-electron chi connectivity index (χ2n) is 7.99. The summed E-state index contributed by atoms with van der Waals surface area (Å²) in [5.74, 6) is -1.21. The fraction of sp³-hybridized carbons (Fsp3) is 0.238. The second kappa shape index (κ2) is 9.40. The van der Waals surface area contributed by atoms with Gasteiger partial charge in [-0.15, -0.1) is 0 Å². The van der Waals surface area contributed by atoms with Crippen molar-refractivity contribution < 1.29 is 19.6 Å². The summed E-state index contributed by atoms with van der Waals surface area (Å²) in [4.78, 5) is 39.7. The Kier molecular flexibility index (Phi) is 6.98. The molecule has 3 aromatic rings. The Hall–Kier alpha value is -3.12. The average Bonchev–Trinajstić information content (AvgIpc) is 2.71. The molecule has 3 rings (SSSR count).